The second-order valence-corrected chi connectivity index (χ2v) is 6.69. The molecule has 0 radical (unpaired) electrons. The first kappa shape index (κ1) is 16.5. The molecule has 0 aliphatic carbocycles. The zero-order chi connectivity index (χ0) is 17.3. The zero-order valence-electron chi connectivity index (χ0n) is 11.7. The number of sulfonamides is 1. The molecule has 24 heavy (non-hydrogen) atoms. The number of hydrogen-bond donors (Lipinski definition) is 1. The molecule has 1 aromatic heterocycles. The Morgan fingerprint density at radius 2 is 1.88 bits per heavy atom. The minimum absolute atomic E-state index is 0.0662. The van der Waals surface area contributed by atoms with Crippen molar-refractivity contribution in [3.05, 3.63) is 47.5 Å². The van der Waals surface area contributed by atoms with E-state index in [0.29, 0.717) is 11.0 Å². The molecule has 6 nitrogen and oxygen atoms in total. The largest absolute Gasteiger partial charge is 0.435 e. The third-order valence-electron chi connectivity index (χ3n) is 3.04. The van der Waals surface area contributed by atoms with E-state index in [1.54, 1.807) is 18.2 Å². The smallest absolute Gasteiger partial charge is 0.387 e. The minimum Gasteiger partial charge on any atom is -0.435 e. The van der Waals surface area contributed by atoms with Gasteiger partial charge in [0.05, 0.1) is 15.3 Å². The number of alkyl halides is 2. The van der Waals surface area contributed by atoms with E-state index in [9.17, 15) is 17.2 Å². The number of nitrogens with one attached hydrogen (secondary N) is 1. The summed E-state index contributed by atoms with van der Waals surface area (Å²) >= 11 is 6.03. The van der Waals surface area contributed by atoms with E-state index in [1.807, 2.05) is 0 Å². The van der Waals surface area contributed by atoms with Crippen molar-refractivity contribution in [3.8, 4) is 5.75 Å². The number of hydrogen-bond acceptors (Lipinski definition) is 5. The Labute approximate surface area is 140 Å². The van der Waals surface area contributed by atoms with Crippen molar-refractivity contribution in [2.24, 2.45) is 0 Å². The van der Waals surface area contributed by atoms with E-state index in [0.717, 1.165) is 24.3 Å². The van der Waals surface area contributed by atoms with Crippen LogP contribution in [0.15, 0.2) is 51.9 Å². The Bertz CT molecular complexity index is 974. The predicted octanol–water partition coefficient (Wildman–Crippen LogP) is 3.88. The molecule has 1 heterocycles. The average Bonchev–Trinajstić information content (AvgIpc) is 2.91. The van der Waals surface area contributed by atoms with Gasteiger partial charge in [0.2, 0.25) is 0 Å². The first-order chi connectivity index (χ1) is 11.4. The first-order valence-corrected chi connectivity index (χ1v) is 8.34. The van der Waals surface area contributed by atoms with Gasteiger partial charge in [0, 0.05) is 0 Å². The summed E-state index contributed by atoms with van der Waals surface area (Å²) in [4.78, 5) is -0.160. The summed E-state index contributed by atoms with van der Waals surface area (Å²) < 4.78 is 60.4. The van der Waals surface area contributed by atoms with Crippen molar-refractivity contribution in [1.29, 1.82) is 0 Å². The standard InChI is InChI=1S/C14H9ClF2N2O4S/c15-10-2-1-3-11-12(10)13(18-23-11)19-24(20,21)9-6-4-8(5-7-9)22-14(16)17/h1-7,14H,(H,18,19). The zero-order valence-corrected chi connectivity index (χ0v) is 13.3. The average molecular weight is 375 g/mol. The van der Waals surface area contributed by atoms with E-state index in [1.165, 1.54) is 0 Å². The predicted molar refractivity (Wildman–Crippen MR) is 82.9 cm³/mol. The molecule has 0 aliphatic heterocycles. The van der Waals surface area contributed by atoms with Crippen LogP contribution in [0, 0.1) is 0 Å². The highest BCUT2D eigenvalue weighted by molar-refractivity contribution is 7.92. The van der Waals surface area contributed by atoms with Crippen LogP contribution in [-0.4, -0.2) is 20.2 Å². The summed E-state index contributed by atoms with van der Waals surface area (Å²) in [6.07, 6.45) is 0. The summed E-state index contributed by atoms with van der Waals surface area (Å²) in [5.74, 6) is -0.220. The molecule has 10 heteroatoms. The Morgan fingerprint density at radius 3 is 2.54 bits per heavy atom. The fraction of sp³-hybridized carbons (Fsp3) is 0.0714. The molecule has 0 amide bonds. The number of aromatic nitrogens is 1. The number of fused-ring (bicyclic) bond motifs is 1. The summed E-state index contributed by atoms with van der Waals surface area (Å²) in [6, 6.07) is 9.28. The highest BCUT2D eigenvalue weighted by Gasteiger charge is 2.20. The van der Waals surface area contributed by atoms with Crippen LogP contribution in [0.25, 0.3) is 11.0 Å². The molecular weight excluding hydrogens is 366 g/mol. The van der Waals surface area contributed by atoms with Gasteiger partial charge in [-0.25, -0.2) is 8.42 Å². The molecule has 0 aliphatic rings. The van der Waals surface area contributed by atoms with Crippen LogP contribution in [0.3, 0.4) is 0 Å². The molecule has 0 bridgehead atoms. The SMILES string of the molecule is O=S(=O)(Nc1noc2cccc(Cl)c12)c1ccc(OC(F)F)cc1. The van der Waals surface area contributed by atoms with Crippen LogP contribution in [0.5, 0.6) is 5.75 Å². The van der Waals surface area contributed by atoms with Gasteiger partial charge in [-0.05, 0) is 36.4 Å². The van der Waals surface area contributed by atoms with Gasteiger partial charge in [-0.2, -0.15) is 8.78 Å². The van der Waals surface area contributed by atoms with E-state index in [2.05, 4.69) is 14.6 Å². The lowest BCUT2D eigenvalue weighted by Crippen LogP contribution is -2.13. The Hall–Kier alpha value is -2.39. The quantitative estimate of drug-likeness (QED) is 0.732. The van der Waals surface area contributed by atoms with E-state index >= 15 is 0 Å². The maximum absolute atomic E-state index is 12.4. The van der Waals surface area contributed by atoms with E-state index in [-0.39, 0.29) is 21.5 Å². The monoisotopic (exact) mass is 374 g/mol. The molecule has 3 rings (SSSR count). The minimum atomic E-state index is -4.01. The summed E-state index contributed by atoms with van der Waals surface area (Å²) in [7, 11) is -4.01. The lowest BCUT2D eigenvalue weighted by Gasteiger charge is -2.07. The van der Waals surface area contributed by atoms with Gasteiger partial charge in [-0.15, -0.1) is 0 Å². The highest BCUT2D eigenvalue weighted by atomic mass is 35.5. The number of benzene rings is 2. The van der Waals surface area contributed by atoms with Crippen LogP contribution in [0.1, 0.15) is 0 Å². The second kappa shape index (κ2) is 6.25. The molecular formula is C14H9ClF2N2O4S. The van der Waals surface area contributed by atoms with E-state index < -0.39 is 16.6 Å². The number of halogens is 3. The van der Waals surface area contributed by atoms with Crippen LogP contribution in [0.4, 0.5) is 14.6 Å². The Kier molecular flexibility index (Phi) is 4.29. The Morgan fingerprint density at radius 1 is 1.17 bits per heavy atom. The maximum Gasteiger partial charge on any atom is 0.387 e. The van der Waals surface area contributed by atoms with Gasteiger partial charge < -0.3 is 9.26 Å². The van der Waals surface area contributed by atoms with E-state index in [4.69, 9.17) is 16.1 Å². The van der Waals surface area contributed by atoms with Crippen molar-refractivity contribution in [1.82, 2.24) is 5.16 Å². The lowest BCUT2D eigenvalue weighted by atomic mass is 10.2. The van der Waals surface area contributed by atoms with Crippen LogP contribution < -0.4 is 9.46 Å². The van der Waals surface area contributed by atoms with Gasteiger partial charge in [-0.1, -0.05) is 22.8 Å². The molecule has 0 saturated carbocycles. The number of nitrogens with zero attached hydrogens (tertiary/aromatic N) is 1. The van der Waals surface area contributed by atoms with Crippen molar-refractivity contribution < 1.29 is 26.5 Å². The molecule has 0 unspecified atom stereocenters. The van der Waals surface area contributed by atoms with Crippen LogP contribution >= 0.6 is 11.6 Å². The number of anilines is 1. The molecule has 126 valence electrons. The topological polar surface area (TPSA) is 81.4 Å². The molecule has 0 saturated heterocycles. The lowest BCUT2D eigenvalue weighted by molar-refractivity contribution is -0.0498. The van der Waals surface area contributed by atoms with Crippen molar-refractivity contribution >= 4 is 38.4 Å². The summed E-state index contributed by atoms with van der Waals surface area (Å²) in [5.41, 5.74) is 0.320. The van der Waals surface area contributed by atoms with Gasteiger partial charge in [0.15, 0.2) is 11.4 Å². The fourth-order valence-corrected chi connectivity index (χ4v) is 3.27. The normalized spacial score (nSPS) is 11.8. The van der Waals surface area contributed by atoms with Crippen LogP contribution in [0.2, 0.25) is 5.02 Å². The van der Waals surface area contributed by atoms with Crippen molar-refractivity contribution in [3.63, 3.8) is 0 Å². The third-order valence-corrected chi connectivity index (χ3v) is 4.71. The van der Waals surface area contributed by atoms with Gasteiger partial charge in [-0.3, -0.25) is 4.72 Å². The molecule has 0 fully saturated rings. The molecule has 2 aromatic carbocycles. The number of ether oxygens (including phenoxy) is 1. The molecule has 0 atom stereocenters. The van der Waals surface area contributed by atoms with Gasteiger partial charge in [0.25, 0.3) is 10.0 Å². The third kappa shape index (κ3) is 3.26. The highest BCUT2D eigenvalue weighted by Crippen LogP contribution is 2.31. The molecule has 0 spiro atoms. The second-order valence-electron chi connectivity index (χ2n) is 4.60. The van der Waals surface area contributed by atoms with Gasteiger partial charge in [0.1, 0.15) is 5.75 Å². The summed E-state index contributed by atoms with van der Waals surface area (Å²) in [5, 5.41) is 4.24. The fourth-order valence-electron chi connectivity index (χ4n) is 2.01. The maximum atomic E-state index is 12.4. The van der Waals surface area contributed by atoms with Crippen molar-refractivity contribution in [2.45, 2.75) is 11.5 Å². The Balaban J connectivity index is 1.90. The van der Waals surface area contributed by atoms with Gasteiger partial charge >= 0.3 is 6.61 Å². The van der Waals surface area contributed by atoms with Crippen molar-refractivity contribution in [2.75, 3.05) is 4.72 Å². The molecule has 1 N–H and O–H groups in total. The van der Waals surface area contributed by atoms with Crippen LogP contribution in [-0.2, 0) is 10.0 Å². The first-order valence-electron chi connectivity index (χ1n) is 6.48. The summed E-state index contributed by atoms with van der Waals surface area (Å²) in [6.45, 7) is -2.99. The number of rotatable bonds is 5. The molecule has 3 aromatic rings.